The number of nitrogens with zero attached hydrogens (tertiary/aromatic N) is 1. The van der Waals surface area contributed by atoms with Gasteiger partial charge in [0.2, 0.25) is 0 Å². The largest absolute Gasteiger partial charge is 0.404 e. The first-order valence-electron chi connectivity index (χ1n) is 3.71. The Morgan fingerprint density at radius 2 is 2.36 bits per heavy atom. The number of nitrogens with one attached hydrogen (secondary N) is 1. The molecule has 1 saturated heterocycles. The summed E-state index contributed by atoms with van der Waals surface area (Å²) in [5.41, 5.74) is 10.8. The number of rotatable bonds is 1. The van der Waals surface area contributed by atoms with Gasteiger partial charge in [-0.05, 0) is 18.7 Å². The maximum atomic E-state index is 7.48. The molecule has 4 nitrogen and oxygen atoms in total. The van der Waals surface area contributed by atoms with Crippen molar-refractivity contribution < 1.29 is 0 Å². The molecular formula is C7H14N4. The number of amidine groups is 1. The van der Waals surface area contributed by atoms with Gasteiger partial charge in [-0.3, -0.25) is 5.41 Å². The predicted octanol–water partition coefficient (Wildman–Crippen LogP) is -0.531. The zero-order valence-corrected chi connectivity index (χ0v) is 6.46. The minimum absolute atomic E-state index is 0.224. The van der Waals surface area contributed by atoms with Crippen LogP contribution >= 0.6 is 0 Å². The normalized spacial score (nSPS) is 24.8. The third kappa shape index (κ3) is 1.94. The summed E-state index contributed by atoms with van der Waals surface area (Å²) in [6, 6.07) is 0.224. The van der Waals surface area contributed by atoms with Gasteiger partial charge >= 0.3 is 0 Å². The molecular weight excluding hydrogens is 140 g/mol. The summed E-state index contributed by atoms with van der Waals surface area (Å²) in [6.07, 6.45) is 3.94. The molecule has 5 N–H and O–H groups in total. The minimum atomic E-state index is 0.224. The van der Waals surface area contributed by atoms with E-state index in [1.165, 1.54) is 6.20 Å². The molecule has 1 unspecified atom stereocenters. The maximum absolute atomic E-state index is 7.48. The fraction of sp³-hybridized carbons (Fsp3) is 0.571. The first kappa shape index (κ1) is 8.07. The Balaban J connectivity index is 2.43. The molecule has 0 aromatic carbocycles. The van der Waals surface area contributed by atoms with E-state index in [0.717, 1.165) is 19.5 Å². The second-order valence-corrected chi connectivity index (χ2v) is 2.74. The molecule has 4 heteroatoms. The molecule has 0 saturated carbocycles. The van der Waals surface area contributed by atoms with Crippen LogP contribution in [0.15, 0.2) is 12.3 Å². The molecule has 0 aliphatic carbocycles. The lowest BCUT2D eigenvalue weighted by molar-refractivity contribution is 0.509. The van der Waals surface area contributed by atoms with Crippen LogP contribution in [0.4, 0.5) is 0 Å². The minimum Gasteiger partial charge on any atom is -0.404 e. The van der Waals surface area contributed by atoms with E-state index in [4.69, 9.17) is 16.9 Å². The predicted molar refractivity (Wildman–Crippen MR) is 45.2 cm³/mol. The molecule has 0 amide bonds. The van der Waals surface area contributed by atoms with Gasteiger partial charge < -0.3 is 16.4 Å². The topological polar surface area (TPSA) is 79.1 Å². The van der Waals surface area contributed by atoms with Crippen LogP contribution in [0.2, 0.25) is 0 Å². The van der Waals surface area contributed by atoms with Crippen molar-refractivity contribution >= 4 is 5.84 Å². The summed E-state index contributed by atoms with van der Waals surface area (Å²) in [6.45, 7) is 1.66. The van der Waals surface area contributed by atoms with Crippen LogP contribution in [0.25, 0.3) is 0 Å². The summed E-state index contributed by atoms with van der Waals surface area (Å²) < 4.78 is 0. The van der Waals surface area contributed by atoms with Crippen molar-refractivity contribution in [1.82, 2.24) is 4.90 Å². The van der Waals surface area contributed by atoms with Gasteiger partial charge in [0.1, 0.15) is 5.84 Å². The second kappa shape index (κ2) is 3.39. The molecule has 0 bridgehead atoms. The summed E-state index contributed by atoms with van der Waals surface area (Å²) >= 11 is 0. The quantitative estimate of drug-likeness (QED) is 0.351. The van der Waals surface area contributed by atoms with E-state index < -0.39 is 0 Å². The van der Waals surface area contributed by atoms with Crippen LogP contribution in [-0.4, -0.2) is 29.9 Å². The third-order valence-electron chi connectivity index (χ3n) is 1.82. The lowest BCUT2D eigenvalue weighted by atomic mass is 10.3. The Hall–Kier alpha value is -1.03. The lowest BCUT2D eigenvalue weighted by Crippen LogP contribution is -2.30. The maximum Gasteiger partial charge on any atom is 0.122 e. The summed E-state index contributed by atoms with van der Waals surface area (Å²) in [7, 11) is 0. The van der Waals surface area contributed by atoms with E-state index in [2.05, 4.69) is 0 Å². The average molecular weight is 154 g/mol. The van der Waals surface area contributed by atoms with E-state index in [1.807, 2.05) is 4.90 Å². The first-order chi connectivity index (χ1) is 5.24. The van der Waals surface area contributed by atoms with E-state index in [9.17, 15) is 0 Å². The molecule has 0 aromatic rings. The number of hydrogen-bond donors (Lipinski definition) is 3. The number of nitrogens with two attached hydrogens (primary N) is 2. The first-order valence-corrected chi connectivity index (χ1v) is 3.71. The van der Waals surface area contributed by atoms with Crippen molar-refractivity contribution in [2.75, 3.05) is 13.1 Å². The molecule has 0 aromatic heterocycles. The van der Waals surface area contributed by atoms with Crippen molar-refractivity contribution in [1.29, 1.82) is 5.41 Å². The van der Waals surface area contributed by atoms with Gasteiger partial charge in [-0.25, -0.2) is 0 Å². The zero-order valence-electron chi connectivity index (χ0n) is 6.46. The highest BCUT2D eigenvalue weighted by Gasteiger charge is 2.19. The van der Waals surface area contributed by atoms with Crippen LogP contribution in [-0.2, 0) is 0 Å². The van der Waals surface area contributed by atoms with Gasteiger partial charge in [0.05, 0.1) is 0 Å². The molecule has 62 valence electrons. The van der Waals surface area contributed by atoms with Gasteiger partial charge in [0.15, 0.2) is 0 Å². The summed E-state index contributed by atoms with van der Waals surface area (Å²) in [5.74, 6) is 0.459. The highest BCUT2D eigenvalue weighted by Crippen LogP contribution is 2.06. The Morgan fingerprint density at radius 1 is 1.64 bits per heavy atom. The highest BCUT2D eigenvalue weighted by atomic mass is 15.2. The Kier molecular flexibility index (Phi) is 2.48. The Morgan fingerprint density at radius 3 is 2.82 bits per heavy atom. The molecule has 1 aliphatic rings. The molecule has 1 atom stereocenters. The summed E-state index contributed by atoms with van der Waals surface area (Å²) in [5, 5.41) is 7.48. The fourth-order valence-electron chi connectivity index (χ4n) is 1.20. The standard InChI is InChI=1S/C7H14N4/c8-3-1-7(10)11-4-2-6(9)5-11/h1,3,6,10H,2,4-5,8-9H2/b3-1-,10-7?. The second-order valence-electron chi connectivity index (χ2n) is 2.74. The average Bonchev–Trinajstić information content (AvgIpc) is 2.36. The third-order valence-corrected chi connectivity index (χ3v) is 1.82. The van der Waals surface area contributed by atoms with Crippen LogP contribution in [0.3, 0.4) is 0 Å². The highest BCUT2D eigenvalue weighted by molar-refractivity contribution is 5.90. The van der Waals surface area contributed by atoms with E-state index in [-0.39, 0.29) is 6.04 Å². The number of likely N-dealkylation sites (tertiary alicyclic amines) is 1. The smallest absolute Gasteiger partial charge is 0.122 e. The van der Waals surface area contributed by atoms with E-state index in [1.54, 1.807) is 6.08 Å². The summed E-state index contributed by atoms with van der Waals surface area (Å²) in [4.78, 5) is 1.92. The monoisotopic (exact) mass is 154 g/mol. The molecule has 0 spiro atoms. The van der Waals surface area contributed by atoms with E-state index in [0.29, 0.717) is 5.84 Å². The van der Waals surface area contributed by atoms with Gasteiger partial charge in [0.25, 0.3) is 0 Å². The molecule has 1 fully saturated rings. The lowest BCUT2D eigenvalue weighted by Gasteiger charge is -2.15. The van der Waals surface area contributed by atoms with Crippen LogP contribution in [0.5, 0.6) is 0 Å². The Bertz CT molecular complexity index is 175. The molecule has 11 heavy (non-hydrogen) atoms. The molecule has 1 aliphatic heterocycles. The molecule has 1 heterocycles. The van der Waals surface area contributed by atoms with Crippen molar-refractivity contribution in [3.63, 3.8) is 0 Å². The van der Waals surface area contributed by atoms with Crippen molar-refractivity contribution in [2.24, 2.45) is 11.5 Å². The van der Waals surface area contributed by atoms with Crippen LogP contribution < -0.4 is 11.5 Å². The Labute approximate surface area is 66.4 Å². The SMILES string of the molecule is N=C(/C=C\N)N1CCC(N)C1. The van der Waals surface area contributed by atoms with Crippen LogP contribution in [0.1, 0.15) is 6.42 Å². The molecule has 1 rings (SSSR count). The number of hydrogen-bond acceptors (Lipinski definition) is 3. The van der Waals surface area contributed by atoms with Gasteiger partial charge in [-0.1, -0.05) is 0 Å². The zero-order chi connectivity index (χ0) is 8.27. The van der Waals surface area contributed by atoms with Gasteiger partial charge in [0, 0.05) is 19.1 Å². The molecule has 0 radical (unpaired) electrons. The van der Waals surface area contributed by atoms with Crippen molar-refractivity contribution in [2.45, 2.75) is 12.5 Å². The fourth-order valence-corrected chi connectivity index (χ4v) is 1.20. The van der Waals surface area contributed by atoms with Crippen molar-refractivity contribution in [3.8, 4) is 0 Å². The van der Waals surface area contributed by atoms with E-state index >= 15 is 0 Å². The van der Waals surface area contributed by atoms with Crippen LogP contribution in [0, 0.1) is 5.41 Å². The van der Waals surface area contributed by atoms with Gasteiger partial charge in [-0.15, -0.1) is 0 Å². The van der Waals surface area contributed by atoms with Gasteiger partial charge in [-0.2, -0.15) is 0 Å². The van der Waals surface area contributed by atoms with Crippen molar-refractivity contribution in [3.05, 3.63) is 12.3 Å².